The van der Waals surface area contributed by atoms with Gasteiger partial charge in [0.2, 0.25) is 0 Å². The van der Waals surface area contributed by atoms with Gasteiger partial charge in [-0.25, -0.2) is 5.43 Å². The Labute approximate surface area is 194 Å². The molecule has 0 fully saturated rings. The monoisotopic (exact) mass is 468 g/mol. The van der Waals surface area contributed by atoms with Gasteiger partial charge in [0.25, 0.3) is 5.91 Å². The highest BCUT2D eigenvalue weighted by molar-refractivity contribution is 6.40. The van der Waals surface area contributed by atoms with Crippen LogP contribution in [0.1, 0.15) is 21.5 Å². The minimum Gasteiger partial charge on any atom is -0.322 e. The van der Waals surface area contributed by atoms with Crippen LogP contribution in [-0.2, 0) is 9.59 Å². The lowest BCUT2D eigenvalue weighted by Gasteiger charge is -2.11. The molecule has 0 spiro atoms. The molecule has 3 rings (SSSR count). The summed E-state index contributed by atoms with van der Waals surface area (Å²) in [5, 5.41) is 9.57. The SMILES string of the molecule is Cc1ccc(NC(=O)c2ccccc2NC(=O)C(=O)NN=Cc2c(Cl)cccc2Cl)cc1. The average molecular weight is 469 g/mol. The summed E-state index contributed by atoms with van der Waals surface area (Å²) in [7, 11) is 0. The summed E-state index contributed by atoms with van der Waals surface area (Å²) >= 11 is 12.0. The molecule has 0 aromatic heterocycles. The van der Waals surface area contributed by atoms with Crippen molar-refractivity contribution < 1.29 is 14.4 Å². The molecular formula is C23H18Cl2N4O3. The lowest BCUT2D eigenvalue weighted by Crippen LogP contribution is -2.33. The van der Waals surface area contributed by atoms with E-state index in [-0.39, 0.29) is 11.3 Å². The number of amides is 3. The largest absolute Gasteiger partial charge is 0.329 e. The number of nitrogens with zero attached hydrogens (tertiary/aromatic N) is 1. The third-order valence-corrected chi connectivity index (χ3v) is 4.95. The number of hydrogen-bond acceptors (Lipinski definition) is 4. The summed E-state index contributed by atoms with van der Waals surface area (Å²) in [5.41, 5.74) is 4.53. The van der Waals surface area contributed by atoms with Crippen molar-refractivity contribution in [3.63, 3.8) is 0 Å². The first-order valence-electron chi connectivity index (χ1n) is 9.40. The molecule has 0 aliphatic carbocycles. The molecule has 0 unspecified atom stereocenters. The summed E-state index contributed by atoms with van der Waals surface area (Å²) in [6, 6.07) is 18.5. The van der Waals surface area contributed by atoms with Gasteiger partial charge in [-0.05, 0) is 43.3 Å². The summed E-state index contributed by atoms with van der Waals surface area (Å²) in [6.07, 6.45) is 1.23. The van der Waals surface area contributed by atoms with Crippen molar-refractivity contribution in [3.05, 3.63) is 93.5 Å². The van der Waals surface area contributed by atoms with Crippen molar-refractivity contribution >= 4 is 58.5 Å². The smallest absolute Gasteiger partial charge is 0.322 e. The van der Waals surface area contributed by atoms with Crippen LogP contribution in [0, 0.1) is 6.92 Å². The Morgan fingerprint density at radius 2 is 1.47 bits per heavy atom. The van der Waals surface area contributed by atoms with Crippen molar-refractivity contribution in [3.8, 4) is 0 Å². The molecule has 32 heavy (non-hydrogen) atoms. The highest BCUT2D eigenvalue weighted by atomic mass is 35.5. The summed E-state index contributed by atoms with van der Waals surface area (Å²) < 4.78 is 0. The molecule has 3 amide bonds. The molecule has 0 radical (unpaired) electrons. The third-order valence-electron chi connectivity index (χ3n) is 4.30. The summed E-state index contributed by atoms with van der Waals surface area (Å²) in [6.45, 7) is 1.94. The van der Waals surface area contributed by atoms with Gasteiger partial charge in [-0.2, -0.15) is 5.10 Å². The van der Waals surface area contributed by atoms with Crippen LogP contribution in [0.3, 0.4) is 0 Å². The van der Waals surface area contributed by atoms with E-state index in [2.05, 4.69) is 21.2 Å². The lowest BCUT2D eigenvalue weighted by molar-refractivity contribution is -0.136. The second kappa shape index (κ2) is 10.6. The number of nitrogens with one attached hydrogen (secondary N) is 3. The van der Waals surface area contributed by atoms with Crippen LogP contribution in [0.2, 0.25) is 10.0 Å². The van der Waals surface area contributed by atoms with Crippen LogP contribution in [0.15, 0.2) is 71.8 Å². The standard InChI is InChI=1S/C23H18Cl2N4O3/c1-14-9-11-15(12-10-14)27-21(30)16-5-2-3-8-20(16)28-22(31)23(32)29-26-13-17-18(24)6-4-7-19(17)25/h2-13H,1H3,(H,27,30)(H,28,31)(H,29,32). The quantitative estimate of drug-likeness (QED) is 0.288. The summed E-state index contributed by atoms with van der Waals surface area (Å²) in [4.78, 5) is 37.0. The maximum Gasteiger partial charge on any atom is 0.329 e. The van der Waals surface area contributed by atoms with E-state index in [1.54, 1.807) is 42.5 Å². The minimum absolute atomic E-state index is 0.176. The maximum absolute atomic E-state index is 12.7. The number of aryl methyl sites for hydroxylation is 1. The molecule has 9 heteroatoms. The van der Waals surface area contributed by atoms with Crippen LogP contribution < -0.4 is 16.1 Å². The van der Waals surface area contributed by atoms with Crippen LogP contribution in [0.4, 0.5) is 11.4 Å². The van der Waals surface area contributed by atoms with Gasteiger partial charge >= 0.3 is 11.8 Å². The van der Waals surface area contributed by atoms with Gasteiger partial charge in [-0.15, -0.1) is 0 Å². The van der Waals surface area contributed by atoms with Crippen molar-refractivity contribution in [2.24, 2.45) is 5.10 Å². The molecule has 0 atom stereocenters. The van der Waals surface area contributed by atoms with Crippen molar-refractivity contribution in [2.45, 2.75) is 6.92 Å². The van der Waals surface area contributed by atoms with E-state index in [0.717, 1.165) is 5.56 Å². The van der Waals surface area contributed by atoms with Crippen LogP contribution in [0.25, 0.3) is 0 Å². The fourth-order valence-corrected chi connectivity index (χ4v) is 3.14. The second-order valence-electron chi connectivity index (χ2n) is 6.65. The van der Waals surface area contributed by atoms with Crippen LogP contribution in [0.5, 0.6) is 0 Å². The molecule has 0 heterocycles. The third kappa shape index (κ3) is 5.94. The highest BCUT2D eigenvalue weighted by Crippen LogP contribution is 2.22. The van der Waals surface area contributed by atoms with Crippen LogP contribution in [-0.4, -0.2) is 23.9 Å². The zero-order valence-corrected chi connectivity index (χ0v) is 18.4. The molecule has 3 N–H and O–H groups in total. The predicted molar refractivity (Wildman–Crippen MR) is 126 cm³/mol. The van der Waals surface area contributed by atoms with Crippen molar-refractivity contribution in [1.82, 2.24) is 5.43 Å². The first kappa shape index (κ1) is 23.0. The van der Waals surface area contributed by atoms with E-state index in [1.807, 2.05) is 19.1 Å². The normalized spacial score (nSPS) is 10.6. The van der Waals surface area contributed by atoms with Gasteiger partial charge in [0, 0.05) is 11.3 Å². The number of rotatable bonds is 5. The molecule has 162 valence electrons. The highest BCUT2D eigenvalue weighted by Gasteiger charge is 2.18. The zero-order chi connectivity index (χ0) is 23.1. The molecule has 0 saturated heterocycles. The fourth-order valence-electron chi connectivity index (χ4n) is 2.64. The predicted octanol–water partition coefficient (Wildman–Crippen LogP) is 4.64. The minimum atomic E-state index is -1.03. The number of carbonyl (C=O) groups is 3. The summed E-state index contributed by atoms with van der Waals surface area (Å²) in [5.74, 6) is -2.46. The number of benzene rings is 3. The zero-order valence-electron chi connectivity index (χ0n) is 16.9. The van der Waals surface area contributed by atoms with Crippen LogP contribution >= 0.6 is 23.2 Å². The van der Waals surface area contributed by atoms with Gasteiger partial charge in [0.15, 0.2) is 0 Å². The first-order chi connectivity index (χ1) is 15.3. The second-order valence-corrected chi connectivity index (χ2v) is 7.47. The molecule has 0 bridgehead atoms. The molecule has 3 aromatic rings. The average Bonchev–Trinajstić information content (AvgIpc) is 2.77. The molecule has 0 aliphatic rings. The van der Waals surface area contributed by atoms with E-state index in [9.17, 15) is 14.4 Å². The van der Waals surface area contributed by atoms with Gasteiger partial charge in [-0.1, -0.05) is 59.1 Å². The Morgan fingerprint density at radius 3 is 2.16 bits per heavy atom. The maximum atomic E-state index is 12.7. The number of halogens is 2. The van der Waals surface area contributed by atoms with E-state index in [4.69, 9.17) is 23.2 Å². The van der Waals surface area contributed by atoms with E-state index < -0.39 is 17.7 Å². The number of carbonyl (C=O) groups excluding carboxylic acids is 3. The fraction of sp³-hybridized carbons (Fsp3) is 0.0435. The lowest BCUT2D eigenvalue weighted by atomic mass is 10.1. The van der Waals surface area contributed by atoms with Crippen molar-refractivity contribution in [1.29, 1.82) is 0 Å². The molecule has 3 aromatic carbocycles. The number of hydrazone groups is 1. The number of anilines is 2. The van der Waals surface area contributed by atoms with E-state index in [1.165, 1.54) is 18.3 Å². The Bertz CT molecular complexity index is 1170. The van der Waals surface area contributed by atoms with E-state index >= 15 is 0 Å². The number of hydrogen-bond donors (Lipinski definition) is 3. The first-order valence-corrected chi connectivity index (χ1v) is 10.2. The Hall–Kier alpha value is -3.68. The Kier molecular flexibility index (Phi) is 7.59. The van der Waals surface area contributed by atoms with Gasteiger partial charge in [-0.3, -0.25) is 14.4 Å². The van der Waals surface area contributed by atoms with Gasteiger partial charge in [0.1, 0.15) is 0 Å². The van der Waals surface area contributed by atoms with Crippen molar-refractivity contribution in [2.75, 3.05) is 10.6 Å². The van der Waals surface area contributed by atoms with E-state index in [0.29, 0.717) is 21.3 Å². The molecule has 0 saturated carbocycles. The topological polar surface area (TPSA) is 99.7 Å². The Morgan fingerprint density at radius 1 is 0.812 bits per heavy atom. The molecule has 0 aliphatic heterocycles. The Balaban J connectivity index is 1.66. The van der Waals surface area contributed by atoms with Gasteiger partial charge < -0.3 is 10.6 Å². The molecular weight excluding hydrogens is 451 g/mol. The molecule has 7 nitrogen and oxygen atoms in total. The van der Waals surface area contributed by atoms with Gasteiger partial charge in [0.05, 0.1) is 27.5 Å². The number of para-hydroxylation sites is 1.